The monoisotopic (exact) mass is 436 g/mol. The van der Waals surface area contributed by atoms with Gasteiger partial charge in [-0.05, 0) is 44.5 Å². The van der Waals surface area contributed by atoms with Crippen molar-refractivity contribution in [2.75, 3.05) is 5.32 Å². The first kappa shape index (κ1) is 20.6. The van der Waals surface area contributed by atoms with Crippen LogP contribution in [0.3, 0.4) is 0 Å². The molecule has 8 nitrogen and oxygen atoms in total. The van der Waals surface area contributed by atoms with Gasteiger partial charge in [-0.3, -0.25) is 15.3 Å². The van der Waals surface area contributed by atoms with E-state index in [9.17, 15) is 4.79 Å². The number of aromatic amines is 1. The molecule has 0 unspecified atom stereocenters. The average molecular weight is 437 g/mol. The number of rotatable bonds is 5. The Morgan fingerprint density at radius 3 is 2.77 bits per heavy atom. The molecule has 0 aliphatic heterocycles. The van der Waals surface area contributed by atoms with Gasteiger partial charge in [0, 0.05) is 17.3 Å². The van der Waals surface area contributed by atoms with E-state index in [1.165, 1.54) is 0 Å². The highest BCUT2D eigenvalue weighted by molar-refractivity contribution is 6.29. The molecule has 4 aromatic rings. The summed E-state index contributed by atoms with van der Waals surface area (Å²) in [7, 11) is 0. The summed E-state index contributed by atoms with van der Waals surface area (Å²) in [6.45, 7) is 5.61. The van der Waals surface area contributed by atoms with Gasteiger partial charge in [0.25, 0.3) is 0 Å². The van der Waals surface area contributed by atoms with Crippen molar-refractivity contribution < 1.29 is 4.42 Å². The molecule has 0 aliphatic rings. The third-order valence-electron chi connectivity index (χ3n) is 5.11. The molecule has 0 aliphatic carbocycles. The number of hydrogen-bond acceptors (Lipinski definition) is 6. The lowest BCUT2D eigenvalue weighted by atomic mass is 9.99. The summed E-state index contributed by atoms with van der Waals surface area (Å²) >= 11 is 5.96. The van der Waals surface area contributed by atoms with Crippen molar-refractivity contribution >= 4 is 34.1 Å². The third-order valence-corrected chi connectivity index (χ3v) is 5.32. The number of hydrogen-bond donors (Lipinski definition) is 4. The molecule has 0 saturated carbocycles. The SMILES string of the molecule is Cc1cc([C@@H](C)Nc2ccc(Cl)nc2C(=N)N)c2oc(-c3cn[nH]c3)c(C)c(=O)c2c1. The molecule has 0 bridgehead atoms. The first-order chi connectivity index (χ1) is 14.8. The number of amidine groups is 1. The molecule has 5 N–H and O–H groups in total. The summed E-state index contributed by atoms with van der Waals surface area (Å²) in [6.07, 6.45) is 3.30. The molecule has 0 amide bonds. The molecule has 9 heteroatoms. The summed E-state index contributed by atoms with van der Waals surface area (Å²) in [5, 5.41) is 18.6. The second-order valence-corrected chi connectivity index (χ2v) is 7.80. The van der Waals surface area contributed by atoms with Crippen LogP contribution < -0.4 is 16.5 Å². The smallest absolute Gasteiger partial charge is 0.196 e. The van der Waals surface area contributed by atoms with Crippen molar-refractivity contribution in [3.8, 4) is 11.3 Å². The third kappa shape index (κ3) is 3.77. The van der Waals surface area contributed by atoms with Crippen LogP contribution in [0.5, 0.6) is 0 Å². The molecular formula is C22H21ClN6O2. The Kier molecular flexibility index (Phi) is 5.24. The number of anilines is 1. The maximum atomic E-state index is 13.1. The van der Waals surface area contributed by atoms with Gasteiger partial charge in [0.2, 0.25) is 0 Å². The van der Waals surface area contributed by atoms with E-state index in [0.29, 0.717) is 33.5 Å². The highest BCUT2D eigenvalue weighted by atomic mass is 35.5. The summed E-state index contributed by atoms with van der Waals surface area (Å²) < 4.78 is 6.26. The largest absolute Gasteiger partial charge is 0.455 e. The Bertz CT molecular complexity index is 1360. The van der Waals surface area contributed by atoms with Crippen molar-refractivity contribution in [3.05, 3.63) is 74.4 Å². The van der Waals surface area contributed by atoms with Crippen LogP contribution in [0.4, 0.5) is 5.69 Å². The maximum Gasteiger partial charge on any atom is 0.196 e. The molecular weight excluding hydrogens is 416 g/mol. The zero-order valence-corrected chi connectivity index (χ0v) is 18.0. The van der Waals surface area contributed by atoms with E-state index in [1.807, 2.05) is 26.0 Å². The van der Waals surface area contributed by atoms with Gasteiger partial charge >= 0.3 is 0 Å². The van der Waals surface area contributed by atoms with E-state index in [2.05, 4.69) is 20.5 Å². The molecule has 1 aromatic carbocycles. The molecule has 0 spiro atoms. The number of aromatic nitrogens is 3. The van der Waals surface area contributed by atoms with Crippen molar-refractivity contribution in [3.63, 3.8) is 0 Å². The maximum absolute atomic E-state index is 13.1. The van der Waals surface area contributed by atoms with Crippen LogP contribution in [-0.2, 0) is 0 Å². The topological polar surface area (TPSA) is 134 Å². The summed E-state index contributed by atoms with van der Waals surface area (Å²) in [4.78, 5) is 17.3. The summed E-state index contributed by atoms with van der Waals surface area (Å²) in [5.74, 6) is 0.275. The Balaban J connectivity index is 1.88. The van der Waals surface area contributed by atoms with Gasteiger partial charge in [-0.1, -0.05) is 17.7 Å². The number of H-pyrrole nitrogens is 1. The lowest BCUT2D eigenvalue weighted by molar-refractivity contribution is 0.605. The van der Waals surface area contributed by atoms with Gasteiger partial charge < -0.3 is 15.5 Å². The van der Waals surface area contributed by atoms with Gasteiger partial charge in [0.05, 0.1) is 28.9 Å². The van der Waals surface area contributed by atoms with Gasteiger partial charge in [0.15, 0.2) is 5.43 Å². The lowest BCUT2D eigenvalue weighted by Crippen LogP contribution is -2.18. The quantitative estimate of drug-likeness (QED) is 0.209. The number of aryl methyl sites for hydroxylation is 1. The Labute approximate surface area is 183 Å². The number of fused-ring (bicyclic) bond motifs is 1. The number of nitrogen functional groups attached to an aromatic ring is 1. The Morgan fingerprint density at radius 1 is 1.32 bits per heavy atom. The molecule has 0 radical (unpaired) electrons. The number of pyridine rings is 1. The van der Waals surface area contributed by atoms with E-state index in [4.69, 9.17) is 27.2 Å². The molecule has 0 fully saturated rings. The second kappa shape index (κ2) is 7.88. The predicted molar refractivity (Wildman–Crippen MR) is 122 cm³/mol. The van der Waals surface area contributed by atoms with E-state index in [0.717, 1.165) is 11.1 Å². The van der Waals surface area contributed by atoms with Crippen molar-refractivity contribution in [2.24, 2.45) is 5.73 Å². The minimum absolute atomic E-state index is 0.0906. The molecule has 3 heterocycles. The zero-order chi connectivity index (χ0) is 22.3. The van der Waals surface area contributed by atoms with E-state index in [-0.39, 0.29) is 28.2 Å². The van der Waals surface area contributed by atoms with Crippen LogP contribution in [0.2, 0.25) is 5.15 Å². The van der Waals surface area contributed by atoms with Crippen LogP contribution in [0, 0.1) is 19.3 Å². The Morgan fingerprint density at radius 2 is 2.10 bits per heavy atom. The standard InChI is InChI=1S/C22H21ClN6O2/c1-10-6-14(12(3)28-16-4-5-17(23)29-18(16)22(24)25)21-15(7-10)19(30)11(2)20(31-21)13-8-26-27-9-13/h4-9,12,28H,1-3H3,(H3,24,25)(H,26,27)/t12-/m1/s1. The molecule has 3 aromatic heterocycles. The number of benzene rings is 1. The summed E-state index contributed by atoms with van der Waals surface area (Å²) in [6, 6.07) is 6.85. The van der Waals surface area contributed by atoms with Gasteiger partial charge in [-0.15, -0.1) is 0 Å². The first-order valence-electron chi connectivity index (χ1n) is 9.61. The minimum atomic E-state index is -0.286. The zero-order valence-electron chi connectivity index (χ0n) is 17.2. The lowest BCUT2D eigenvalue weighted by Gasteiger charge is -2.20. The highest BCUT2D eigenvalue weighted by Gasteiger charge is 2.20. The van der Waals surface area contributed by atoms with Gasteiger partial charge in [-0.25, -0.2) is 4.98 Å². The van der Waals surface area contributed by atoms with Gasteiger partial charge in [0.1, 0.15) is 28.0 Å². The summed E-state index contributed by atoms with van der Waals surface area (Å²) in [5.41, 5.74) is 9.83. The number of nitrogens with two attached hydrogens (primary N) is 1. The van der Waals surface area contributed by atoms with Crippen LogP contribution >= 0.6 is 11.6 Å². The molecule has 1 atom stereocenters. The first-order valence-corrected chi connectivity index (χ1v) is 9.98. The second-order valence-electron chi connectivity index (χ2n) is 7.41. The number of nitrogens with zero attached hydrogens (tertiary/aromatic N) is 2. The Hall–Kier alpha value is -3.65. The van der Waals surface area contributed by atoms with Gasteiger partial charge in [-0.2, -0.15) is 5.10 Å². The van der Waals surface area contributed by atoms with Crippen molar-refractivity contribution in [2.45, 2.75) is 26.8 Å². The molecule has 4 rings (SSSR count). The predicted octanol–water partition coefficient (Wildman–Crippen LogP) is 4.31. The van der Waals surface area contributed by atoms with E-state index >= 15 is 0 Å². The van der Waals surface area contributed by atoms with Crippen molar-refractivity contribution in [1.82, 2.24) is 15.2 Å². The fourth-order valence-corrected chi connectivity index (χ4v) is 3.76. The van der Waals surface area contributed by atoms with Crippen LogP contribution in [0.25, 0.3) is 22.3 Å². The molecule has 158 valence electrons. The van der Waals surface area contributed by atoms with E-state index in [1.54, 1.807) is 31.5 Å². The normalized spacial score (nSPS) is 12.1. The van der Waals surface area contributed by atoms with Crippen molar-refractivity contribution in [1.29, 1.82) is 5.41 Å². The molecule has 31 heavy (non-hydrogen) atoms. The average Bonchev–Trinajstić information content (AvgIpc) is 3.26. The van der Waals surface area contributed by atoms with Crippen LogP contribution in [0.1, 0.15) is 35.3 Å². The number of halogens is 1. The van der Waals surface area contributed by atoms with Crippen LogP contribution in [0.15, 0.2) is 45.9 Å². The fraction of sp³-hybridized carbons (Fsp3) is 0.182. The number of nitrogens with one attached hydrogen (secondary N) is 3. The molecule has 0 saturated heterocycles. The fourth-order valence-electron chi connectivity index (χ4n) is 3.61. The van der Waals surface area contributed by atoms with E-state index < -0.39 is 0 Å². The van der Waals surface area contributed by atoms with Crippen LogP contribution in [-0.4, -0.2) is 21.0 Å². The minimum Gasteiger partial charge on any atom is -0.455 e. The highest BCUT2D eigenvalue weighted by Crippen LogP contribution is 2.32.